The van der Waals surface area contributed by atoms with Crippen LogP contribution in [0.15, 0.2) is 11.1 Å². The van der Waals surface area contributed by atoms with Gasteiger partial charge in [-0.1, -0.05) is 0 Å². The highest BCUT2D eigenvalue weighted by molar-refractivity contribution is 5.67. The summed E-state index contributed by atoms with van der Waals surface area (Å²) in [4.78, 5) is 30.4. The van der Waals surface area contributed by atoms with Crippen LogP contribution in [0.1, 0.15) is 19.3 Å². The predicted octanol–water partition coefficient (Wildman–Crippen LogP) is 0.0432. The van der Waals surface area contributed by atoms with Crippen LogP contribution >= 0.6 is 0 Å². The fourth-order valence-electron chi connectivity index (χ4n) is 2.25. The normalized spacial score (nSPS) is 16.8. The summed E-state index contributed by atoms with van der Waals surface area (Å²) in [5, 5.41) is 8.74. The van der Waals surface area contributed by atoms with Crippen LogP contribution in [0.25, 0.3) is 0 Å². The van der Waals surface area contributed by atoms with Crippen LogP contribution in [0.5, 0.6) is 0 Å². The number of nitrogens with one attached hydrogen (secondary N) is 1. The molecule has 0 bridgehead atoms. The summed E-state index contributed by atoms with van der Waals surface area (Å²) in [7, 11) is 0. The lowest BCUT2D eigenvalue weighted by molar-refractivity contribution is -0.138. The molecule has 98 valence electrons. The van der Waals surface area contributed by atoms with Gasteiger partial charge in [-0.3, -0.25) is 9.59 Å². The SMILES string of the molecule is Nc1c(N2CCC(CC(=O)O)CC2)nc[nH]c1=O. The van der Waals surface area contributed by atoms with Gasteiger partial charge >= 0.3 is 5.97 Å². The van der Waals surface area contributed by atoms with E-state index in [2.05, 4.69) is 9.97 Å². The van der Waals surface area contributed by atoms with Crippen molar-refractivity contribution in [2.75, 3.05) is 23.7 Å². The molecule has 7 nitrogen and oxygen atoms in total. The van der Waals surface area contributed by atoms with Crippen molar-refractivity contribution in [2.45, 2.75) is 19.3 Å². The van der Waals surface area contributed by atoms with E-state index in [9.17, 15) is 9.59 Å². The second-order valence-corrected chi connectivity index (χ2v) is 4.50. The predicted molar refractivity (Wildman–Crippen MR) is 66.5 cm³/mol. The van der Waals surface area contributed by atoms with Crippen molar-refractivity contribution in [3.05, 3.63) is 16.7 Å². The molecular weight excluding hydrogens is 236 g/mol. The lowest BCUT2D eigenvalue weighted by Crippen LogP contribution is -2.36. The number of nitrogens with two attached hydrogens (primary N) is 1. The highest BCUT2D eigenvalue weighted by atomic mass is 16.4. The highest BCUT2D eigenvalue weighted by Crippen LogP contribution is 2.25. The molecule has 7 heteroatoms. The third kappa shape index (κ3) is 2.61. The summed E-state index contributed by atoms with van der Waals surface area (Å²) in [6, 6.07) is 0. The number of carbonyl (C=O) groups is 1. The molecule has 0 spiro atoms. The van der Waals surface area contributed by atoms with Crippen molar-refractivity contribution in [1.82, 2.24) is 9.97 Å². The van der Waals surface area contributed by atoms with Gasteiger partial charge in [-0.15, -0.1) is 0 Å². The zero-order valence-electron chi connectivity index (χ0n) is 9.93. The Hall–Kier alpha value is -2.05. The summed E-state index contributed by atoms with van der Waals surface area (Å²) >= 11 is 0. The highest BCUT2D eigenvalue weighted by Gasteiger charge is 2.23. The number of rotatable bonds is 3. The van der Waals surface area contributed by atoms with E-state index in [1.54, 1.807) is 0 Å². The van der Waals surface area contributed by atoms with E-state index in [-0.39, 0.29) is 23.6 Å². The van der Waals surface area contributed by atoms with E-state index in [4.69, 9.17) is 10.8 Å². The van der Waals surface area contributed by atoms with Crippen LogP contribution in [0, 0.1) is 5.92 Å². The van der Waals surface area contributed by atoms with E-state index in [1.165, 1.54) is 6.33 Å². The maximum Gasteiger partial charge on any atom is 0.303 e. The van der Waals surface area contributed by atoms with Crippen LogP contribution in [0.4, 0.5) is 11.5 Å². The van der Waals surface area contributed by atoms with E-state index in [0.29, 0.717) is 18.9 Å². The van der Waals surface area contributed by atoms with Crippen molar-refractivity contribution in [1.29, 1.82) is 0 Å². The Morgan fingerprint density at radius 1 is 1.56 bits per heavy atom. The van der Waals surface area contributed by atoms with E-state index < -0.39 is 5.97 Å². The molecule has 1 aliphatic heterocycles. The number of aliphatic carboxylic acids is 1. The zero-order chi connectivity index (χ0) is 13.1. The van der Waals surface area contributed by atoms with Crippen LogP contribution in [0.3, 0.4) is 0 Å². The van der Waals surface area contributed by atoms with Gasteiger partial charge in [0.15, 0.2) is 5.82 Å². The molecule has 1 saturated heterocycles. The largest absolute Gasteiger partial charge is 0.481 e. The fraction of sp³-hybridized carbons (Fsp3) is 0.545. The number of carboxylic acid groups (broad SMARTS) is 1. The molecule has 0 unspecified atom stereocenters. The van der Waals surface area contributed by atoms with Crippen molar-refractivity contribution < 1.29 is 9.90 Å². The van der Waals surface area contributed by atoms with Gasteiger partial charge in [0, 0.05) is 19.5 Å². The Bertz CT molecular complexity index is 491. The average Bonchev–Trinajstić information content (AvgIpc) is 2.33. The minimum absolute atomic E-state index is 0.120. The van der Waals surface area contributed by atoms with Crippen LogP contribution in [-0.2, 0) is 4.79 Å². The first-order valence-corrected chi connectivity index (χ1v) is 5.88. The molecule has 0 aromatic carbocycles. The smallest absolute Gasteiger partial charge is 0.303 e. The van der Waals surface area contributed by atoms with Crippen LogP contribution in [0.2, 0.25) is 0 Å². The second-order valence-electron chi connectivity index (χ2n) is 4.50. The van der Waals surface area contributed by atoms with Crippen LogP contribution in [-0.4, -0.2) is 34.1 Å². The Kier molecular flexibility index (Phi) is 3.50. The quantitative estimate of drug-likeness (QED) is 0.700. The third-order valence-electron chi connectivity index (χ3n) is 3.25. The number of nitrogen functional groups attached to an aromatic ring is 1. The number of anilines is 2. The minimum Gasteiger partial charge on any atom is -0.481 e. The molecule has 0 saturated carbocycles. The molecule has 1 fully saturated rings. The van der Waals surface area contributed by atoms with Gasteiger partial charge in [0.2, 0.25) is 0 Å². The van der Waals surface area contributed by atoms with E-state index in [0.717, 1.165) is 12.8 Å². The molecule has 1 aromatic rings. The maximum atomic E-state index is 11.4. The summed E-state index contributed by atoms with van der Waals surface area (Å²) in [6.07, 6.45) is 3.09. The van der Waals surface area contributed by atoms with E-state index >= 15 is 0 Å². The first-order chi connectivity index (χ1) is 8.58. The number of piperidine rings is 1. The van der Waals surface area contributed by atoms with Crippen molar-refractivity contribution >= 4 is 17.5 Å². The Morgan fingerprint density at radius 3 is 2.83 bits per heavy atom. The van der Waals surface area contributed by atoms with Gasteiger partial charge in [-0.25, -0.2) is 4.98 Å². The van der Waals surface area contributed by atoms with E-state index in [1.807, 2.05) is 4.90 Å². The fourth-order valence-corrected chi connectivity index (χ4v) is 2.25. The van der Waals surface area contributed by atoms with Gasteiger partial charge < -0.3 is 20.7 Å². The van der Waals surface area contributed by atoms with Gasteiger partial charge in [-0.05, 0) is 18.8 Å². The molecule has 0 aliphatic carbocycles. The van der Waals surface area contributed by atoms with Crippen molar-refractivity contribution in [3.63, 3.8) is 0 Å². The monoisotopic (exact) mass is 252 g/mol. The number of aromatic amines is 1. The lowest BCUT2D eigenvalue weighted by Gasteiger charge is -2.32. The van der Waals surface area contributed by atoms with Gasteiger partial charge in [0.1, 0.15) is 5.69 Å². The number of nitrogens with zero attached hydrogens (tertiary/aromatic N) is 2. The first kappa shape index (κ1) is 12.4. The molecule has 0 radical (unpaired) electrons. The Labute approximate surface area is 104 Å². The first-order valence-electron chi connectivity index (χ1n) is 5.88. The van der Waals surface area contributed by atoms with Crippen molar-refractivity contribution in [3.8, 4) is 0 Å². The second kappa shape index (κ2) is 5.07. The molecular formula is C11H16N4O3. The molecule has 0 amide bonds. The number of hydrogen-bond donors (Lipinski definition) is 3. The summed E-state index contributed by atoms with van der Waals surface area (Å²) in [5.74, 6) is -0.0725. The topological polar surface area (TPSA) is 112 Å². The summed E-state index contributed by atoms with van der Waals surface area (Å²) < 4.78 is 0. The number of aromatic nitrogens is 2. The Morgan fingerprint density at radius 2 is 2.22 bits per heavy atom. The molecule has 1 aliphatic rings. The minimum atomic E-state index is -0.762. The van der Waals surface area contributed by atoms with Crippen molar-refractivity contribution in [2.24, 2.45) is 5.92 Å². The zero-order valence-corrected chi connectivity index (χ0v) is 9.93. The summed E-state index contributed by atoms with van der Waals surface area (Å²) in [5.41, 5.74) is 5.47. The number of carboxylic acids is 1. The molecule has 2 rings (SSSR count). The number of H-pyrrole nitrogens is 1. The standard InChI is InChI=1S/C11H16N4O3/c12-9-10(13-6-14-11(9)18)15-3-1-7(2-4-15)5-8(16)17/h6-7H,1-5,12H2,(H,16,17)(H,13,14,18). The molecule has 2 heterocycles. The lowest BCUT2D eigenvalue weighted by atomic mass is 9.93. The Balaban J connectivity index is 2.03. The molecule has 18 heavy (non-hydrogen) atoms. The van der Waals surface area contributed by atoms with Gasteiger partial charge in [0.05, 0.1) is 6.33 Å². The molecule has 1 aromatic heterocycles. The summed E-state index contributed by atoms with van der Waals surface area (Å²) in [6.45, 7) is 1.36. The molecule has 0 atom stereocenters. The van der Waals surface area contributed by atoms with Gasteiger partial charge in [-0.2, -0.15) is 0 Å². The molecule has 4 N–H and O–H groups in total. The van der Waals surface area contributed by atoms with Crippen LogP contribution < -0.4 is 16.2 Å². The third-order valence-corrected chi connectivity index (χ3v) is 3.25. The van der Waals surface area contributed by atoms with Gasteiger partial charge in [0.25, 0.3) is 5.56 Å². The number of hydrogen-bond acceptors (Lipinski definition) is 5. The average molecular weight is 252 g/mol. The maximum absolute atomic E-state index is 11.4.